The average molecular weight is 1170 g/mol. The smallest absolute Gasteiger partial charge is 0.410 e. The SMILES string of the molecule is CC(C)N1CC(c2cccc(Nc3ncc4cc(-c5n[nH]nc5C=O)c(OC5CCCN(C(=O)OC(C)(C)C)C5)cc4n3)c2)N(c2ccc(N3CCN(c4ccc(OC[C@H]5OC[C@](Cn6cncn6)(c6ccc(F)cc6F)O5)cc4)CC3)cc2)C1=O. The number of aldehydes is 1. The lowest BCUT2D eigenvalue weighted by Gasteiger charge is -2.37. The maximum Gasteiger partial charge on any atom is 0.410 e. The number of anilines is 5. The summed E-state index contributed by atoms with van der Waals surface area (Å²) in [5.74, 6) is -0.0698. The average Bonchev–Trinajstić information content (AvgIpc) is 3.16. The first-order chi connectivity index (χ1) is 41.5. The number of ether oxygens (including phenoxy) is 5. The maximum atomic E-state index is 15.1. The van der Waals surface area contributed by atoms with Gasteiger partial charge < -0.3 is 48.6 Å². The number of nitrogens with zero attached hydrogens (tertiary/aromatic N) is 12. The number of halogens is 2. The molecule has 446 valence electrons. The van der Waals surface area contributed by atoms with Crippen LogP contribution >= 0.6 is 0 Å². The molecule has 7 heterocycles. The summed E-state index contributed by atoms with van der Waals surface area (Å²) in [5.41, 5.74) is 4.31. The number of likely N-dealkylation sites (tertiary alicyclic amines) is 1. The van der Waals surface area contributed by atoms with Gasteiger partial charge in [0.05, 0.1) is 31.3 Å². The molecule has 4 fully saturated rings. The minimum atomic E-state index is -1.27. The van der Waals surface area contributed by atoms with E-state index in [0.29, 0.717) is 78.4 Å². The number of fused-ring (bicyclic) bond motifs is 1. The van der Waals surface area contributed by atoms with Crippen LogP contribution in [0.4, 0.5) is 47.1 Å². The van der Waals surface area contributed by atoms with Crippen LogP contribution in [0.25, 0.3) is 22.2 Å². The summed E-state index contributed by atoms with van der Waals surface area (Å²) in [6, 6.07) is 30.6. The molecule has 22 nitrogen and oxygen atoms in total. The number of rotatable bonds is 17. The van der Waals surface area contributed by atoms with Crippen LogP contribution in [0.5, 0.6) is 11.5 Å². The fraction of sp³-hybridized carbons (Fsp3) is 0.371. The molecule has 4 aliphatic rings. The Morgan fingerprint density at radius 2 is 1.66 bits per heavy atom. The first-order valence-corrected chi connectivity index (χ1v) is 28.7. The molecule has 24 heteroatoms. The molecule has 8 aromatic rings. The summed E-state index contributed by atoms with van der Waals surface area (Å²) in [7, 11) is 0. The van der Waals surface area contributed by atoms with Crippen molar-refractivity contribution in [1.82, 2.24) is 49.9 Å². The molecule has 2 unspecified atom stereocenters. The van der Waals surface area contributed by atoms with E-state index in [0.717, 1.165) is 60.6 Å². The number of amides is 3. The second-order valence-electron chi connectivity index (χ2n) is 23.1. The second-order valence-corrected chi connectivity index (χ2v) is 23.1. The van der Waals surface area contributed by atoms with Gasteiger partial charge in [0.2, 0.25) is 5.95 Å². The Bertz CT molecular complexity index is 3730. The number of nitrogens with one attached hydrogen (secondary N) is 2. The third-order valence-corrected chi connectivity index (χ3v) is 15.8. The van der Waals surface area contributed by atoms with Gasteiger partial charge in [0.25, 0.3) is 0 Å². The monoisotopic (exact) mass is 1170 g/mol. The number of piperidine rings is 1. The molecule has 0 radical (unpaired) electrons. The van der Waals surface area contributed by atoms with E-state index in [1.54, 1.807) is 17.2 Å². The summed E-state index contributed by atoms with van der Waals surface area (Å²) in [6.45, 7) is 14.2. The Hall–Kier alpha value is -9.29. The van der Waals surface area contributed by atoms with Crippen molar-refractivity contribution in [2.45, 2.75) is 89.7 Å². The van der Waals surface area contributed by atoms with Crippen LogP contribution in [0.2, 0.25) is 0 Å². The van der Waals surface area contributed by atoms with Crippen LogP contribution < -0.4 is 29.5 Å². The zero-order valence-corrected chi connectivity index (χ0v) is 48.3. The van der Waals surface area contributed by atoms with Crippen LogP contribution in [-0.2, 0) is 26.4 Å². The summed E-state index contributed by atoms with van der Waals surface area (Å²) in [6.07, 6.45) is 4.98. The number of urea groups is 1. The molecule has 3 amide bonds. The van der Waals surface area contributed by atoms with Crippen LogP contribution in [0.15, 0.2) is 122 Å². The van der Waals surface area contributed by atoms with Crippen molar-refractivity contribution in [3.63, 3.8) is 0 Å². The van der Waals surface area contributed by atoms with Gasteiger partial charge in [-0.1, -0.05) is 18.2 Å². The lowest BCUT2D eigenvalue weighted by atomic mass is 9.94. The van der Waals surface area contributed by atoms with E-state index in [-0.39, 0.29) is 55.2 Å². The molecule has 2 N–H and O–H groups in total. The highest BCUT2D eigenvalue weighted by atomic mass is 19.1. The highest BCUT2D eigenvalue weighted by Crippen LogP contribution is 2.41. The summed E-state index contributed by atoms with van der Waals surface area (Å²) in [5, 5.41) is 19.1. The standard InChI is InChI=1S/C62H66F2N14O8/c1-39(2)77-32-54(40-8-6-9-43(26-40)68-58-66-30-41-27-49(57-53(33-79)70-72-71-57)55(29-52(41)69-58)84-48-10-7-21-75(31-48)60(81)86-61(3,4)5)78(59(77)80)46-14-12-44(13-15-46)73-22-24-74(25-23-73)45-16-18-47(19-17-45)82-34-56-83-36-62(85-56,35-76-38-65-37-67-76)50-20-11-42(63)28-51(50)64/h6,8-9,11-20,26-30,33,37-39,48,54,56H,7,10,21-25,31-32,34-36H2,1-5H3,(H,66,68,69)(H,70,71,72)/t48?,54?,56-,62+/m0/s1. The van der Waals surface area contributed by atoms with E-state index in [1.165, 1.54) is 29.5 Å². The van der Waals surface area contributed by atoms with Gasteiger partial charge >= 0.3 is 12.1 Å². The van der Waals surface area contributed by atoms with Crippen LogP contribution in [0.3, 0.4) is 0 Å². The zero-order chi connectivity index (χ0) is 59.7. The number of H-pyrrole nitrogens is 1. The van der Waals surface area contributed by atoms with Gasteiger partial charge in [0, 0.05) is 103 Å². The van der Waals surface area contributed by atoms with E-state index >= 15 is 4.39 Å². The second kappa shape index (κ2) is 24.0. The minimum absolute atomic E-state index is 0.000724. The van der Waals surface area contributed by atoms with E-state index in [1.807, 2.05) is 111 Å². The number of piperazine rings is 1. The quantitative estimate of drug-likeness (QED) is 0.0810. The Morgan fingerprint density at radius 3 is 2.37 bits per heavy atom. The van der Waals surface area contributed by atoms with Crippen molar-refractivity contribution < 1.29 is 46.8 Å². The molecule has 5 aromatic carbocycles. The van der Waals surface area contributed by atoms with E-state index < -0.39 is 35.2 Å². The van der Waals surface area contributed by atoms with Gasteiger partial charge in [0.15, 0.2) is 18.3 Å². The molecular formula is C62H66F2N14O8. The zero-order valence-electron chi connectivity index (χ0n) is 48.3. The molecule has 86 heavy (non-hydrogen) atoms. The minimum Gasteiger partial charge on any atom is -0.488 e. The summed E-state index contributed by atoms with van der Waals surface area (Å²) >= 11 is 0. The number of benzene rings is 5. The molecule has 0 bridgehead atoms. The molecule has 0 saturated carbocycles. The number of carbonyl (C=O) groups excluding carboxylic acids is 3. The fourth-order valence-corrected chi connectivity index (χ4v) is 11.5. The lowest BCUT2D eigenvalue weighted by Crippen LogP contribution is -2.46. The van der Waals surface area contributed by atoms with Crippen molar-refractivity contribution in [2.24, 2.45) is 0 Å². The Kier molecular flexibility index (Phi) is 15.9. The van der Waals surface area contributed by atoms with Gasteiger partial charge in [-0.15, -0.1) is 0 Å². The highest BCUT2D eigenvalue weighted by molar-refractivity contribution is 5.96. The number of aromatic nitrogens is 8. The summed E-state index contributed by atoms with van der Waals surface area (Å²) in [4.78, 5) is 63.1. The van der Waals surface area contributed by atoms with E-state index in [2.05, 4.69) is 57.7 Å². The van der Waals surface area contributed by atoms with Crippen molar-refractivity contribution in [1.29, 1.82) is 0 Å². The van der Waals surface area contributed by atoms with Gasteiger partial charge in [-0.25, -0.2) is 38.0 Å². The number of aromatic amines is 1. The number of hydrogen-bond donors (Lipinski definition) is 2. The van der Waals surface area contributed by atoms with Gasteiger partial charge in [0.1, 0.15) is 65.4 Å². The molecule has 4 saturated heterocycles. The van der Waals surface area contributed by atoms with Crippen molar-refractivity contribution in [3.05, 3.63) is 150 Å². The Balaban J connectivity index is 0.688. The summed E-state index contributed by atoms with van der Waals surface area (Å²) < 4.78 is 61.2. The van der Waals surface area contributed by atoms with E-state index in [9.17, 15) is 18.8 Å². The van der Waals surface area contributed by atoms with Crippen LogP contribution in [0, 0.1) is 11.6 Å². The van der Waals surface area contributed by atoms with Crippen molar-refractivity contribution in [2.75, 3.05) is 79.0 Å². The number of carbonyl (C=O) groups is 3. The molecule has 4 atom stereocenters. The first kappa shape index (κ1) is 57.2. The van der Waals surface area contributed by atoms with Gasteiger partial charge in [-0.2, -0.15) is 20.5 Å². The number of hydrogen-bond acceptors (Lipinski definition) is 17. The molecule has 3 aromatic heterocycles. The topological polar surface area (TPSA) is 224 Å². The molecule has 4 aliphatic heterocycles. The Morgan fingerprint density at radius 1 is 0.907 bits per heavy atom. The lowest BCUT2D eigenvalue weighted by molar-refractivity contribution is -0.117. The van der Waals surface area contributed by atoms with Gasteiger partial charge in [-0.3, -0.25) is 9.69 Å². The third-order valence-electron chi connectivity index (χ3n) is 15.8. The first-order valence-electron chi connectivity index (χ1n) is 28.7. The maximum absolute atomic E-state index is 15.1. The van der Waals surface area contributed by atoms with E-state index in [4.69, 9.17) is 28.7 Å². The third kappa shape index (κ3) is 12.3. The van der Waals surface area contributed by atoms with Crippen LogP contribution in [0.1, 0.15) is 75.1 Å². The predicted octanol–water partition coefficient (Wildman–Crippen LogP) is 9.68. The Labute approximate surface area is 495 Å². The largest absolute Gasteiger partial charge is 0.488 e. The normalized spacial score (nSPS) is 20.1. The molecule has 0 spiro atoms. The van der Waals surface area contributed by atoms with Crippen LogP contribution in [-0.4, -0.2) is 151 Å². The van der Waals surface area contributed by atoms with Crippen molar-refractivity contribution in [3.8, 4) is 22.8 Å². The van der Waals surface area contributed by atoms with Gasteiger partial charge in [-0.05, 0) is 126 Å². The fourth-order valence-electron chi connectivity index (χ4n) is 11.5. The molecule has 12 rings (SSSR count). The molecule has 0 aliphatic carbocycles. The predicted molar refractivity (Wildman–Crippen MR) is 316 cm³/mol. The van der Waals surface area contributed by atoms with Crippen molar-refractivity contribution >= 4 is 58.0 Å². The molecular weight excluding hydrogens is 1110 g/mol. The highest BCUT2D eigenvalue weighted by Gasteiger charge is 2.46.